The minimum atomic E-state index is -4.25. The van der Waals surface area contributed by atoms with E-state index in [0.29, 0.717) is 32.1 Å². The van der Waals surface area contributed by atoms with Gasteiger partial charge in [-0.15, -0.1) is 0 Å². The van der Waals surface area contributed by atoms with Crippen molar-refractivity contribution in [3.8, 4) is 0 Å². The average molecular weight is 659 g/mol. The highest BCUT2D eigenvalue weighted by Crippen LogP contribution is 2.28. The topological polar surface area (TPSA) is 86.8 Å². The number of sulfonamides is 1. The van der Waals surface area contributed by atoms with Gasteiger partial charge in [0.05, 0.1) is 20.6 Å². The van der Waals surface area contributed by atoms with Crippen molar-refractivity contribution in [2.24, 2.45) is 0 Å². The molecule has 0 bridgehead atoms. The fourth-order valence-electron chi connectivity index (χ4n) is 4.09. The molecule has 12 heteroatoms. The number of nitrogens with zero attached hydrogens (tertiary/aromatic N) is 2. The van der Waals surface area contributed by atoms with Crippen molar-refractivity contribution in [1.29, 1.82) is 0 Å². The van der Waals surface area contributed by atoms with Crippen molar-refractivity contribution < 1.29 is 18.0 Å². The van der Waals surface area contributed by atoms with E-state index in [4.69, 9.17) is 46.4 Å². The summed E-state index contributed by atoms with van der Waals surface area (Å²) in [6.45, 7) is 4.99. The highest BCUT2D eigenvalue weighted by atomic mass is 35.5. The first-order valence-corrected chi connectivity index (χ1v) is 15.9. The maximum Gasteiger partial charge on any atom is 0.264 e. The Morgan fingerprint density at radius 2 is 1.54 bits per heavy atom. The Morgan fingerprint density at radius 3 is 2.12 bits per heavy atom. The number of carbonyl (C=O) groups is 2. The van der Waals surface area contributed by atoms with Crippen LogP contribution in [0.1, 0.15) is 39.2 Å². The average Bonchev–Trinajstić information content (AvgIpc) is 2.93. The van der Waals surface area contributed by atoms with Crippen LogP contribution in [0.3, 0.4) is 0 Å². The van der Waals surface area contributed by atoms with Gasteiger partial charge in [0.2, 0.25) is 11.8 Å². The highest BCUT2D eigenvalue weighted by molar-refractivity contribution is 7.92. The maximum absolute atomic E-state index is 14.1. The predicted octanol–water partition coefficient (Wildman–Crippen LogP) is 7.22. The van der Waals surface area contributed by atoms with E-state index in [9.17, 15) is 18.0 Å². The van der Waals surface area contributed by atoms with E-state index in [0.717, 1.165) is 4.31 Å². The standard InChI is InChI=1S/C29H31Cl4N3O4S/c1-4-19(3)34-29(38)27(5-2)35(17-20-9-14-25(32)26(33)15-20)28(37)18-36(23-8-6-7-22(31)16-23)41(39,40)24-12-10-21(30)11-13-24/h6-16,19,27H,4-5,17-18H2,1-3H3,(H,34,38). The molecule has 3 aromatic rings. The Balaban J connectivity index is 2.08. The summed E-state index contributed by atoms with van der Waals surface area (Å²) in [5, 5.41) is 4.22. The van der Waals surface area contributed by atoms with Gasteiger partial charge in [0.1, 0.15) is 12.6 Å². The van der Waals surface area contributed by atoms with Crippen molar-refractivity contribution in [3.05, 3.63) is 92.4 Å². The fraction of sp³-hybridized carbons (Fsp3) is 0.310. The van der Waals surface area contributed by atoms with Crippen LogP contribution < -0.4 is 9.62 Å². The summed E-state index contributed by atoms with van der Waals surface area (Å²) >= 11 is 24.5. The van der Waals surface area contributed by atoms with E-state index in [-0.39, 0.29) is 35.5 Å². The maximum atomic E-state index is 14.1. The molecule has 0 aliphatic heterocycles. The number of rotatable bonds is 12. The first-order chi connectivity index (χ1) is 19.4. The summed E-state index contributed by atoms with van der Waals surface area (Å²) in [5.74, 6) is -0.940. The lowest BCUT2D eigenvalue weighted by molar-refractivity contribution is -0.140. The first-order valence-electron chi connectivity index (χ1n) is 12.9. The van der Waals surface area contributed by atoms with Gasteiger partial charge in [0, 0.05) is 22.6 Å². The molecule has 0 saturated carbocycles. The zero-order valence-electron chi connectivity index (χ0n) is 22.8. The summed E-state index contributed by atoms with van der Waals surface area (Å²) in [6, 6.07) is 15.7. The number of anilines is 1. The van der Waals surface area contributed by atoms with Gasteiger partial charge in [-0.05, 0) is 79.9 Å². The van der Waals surface area contributed by atoms with Gasteiger partial charge in [0.15, 0.2) is 0 Å². The Bertz CT molecular complexity index is 1490. The van der Waals surface area contributed by atoms with Gasteiger partial charge in [-0.3, -0.25) is 13.9 Å². The smallest absolute Gasteiger partial charge is 0.264 e. The first kappa shape index (κ1) is 33.0. The normalized spacial score (nSPS) is 12.9. The second-order valence-corrected chi connectivity index (χ2v) is 13.0. The summed E-state index contributed by atoms with van der Waals surface area (Å²) in [7, 11) is -4.25. The molecule has 0 fully saturated rings. The van der Waals surface area contributed by atoms with Gasteiger partial charge < -0.3 is 10.2 Å². The molecule has 220 valence electrons. The Kier molecular flexibility index (Phi) is 11.8. The second-order valence-electron chi connectivity index (χ2n) is 9.46. The van der Waals surface area contributed by atoms with Crippen LogP contribution in [-0.4, -0.2) is 43.8 Å². The van der Waals surface area contributed by atoms with Crippen molar-refractivity contribution >= 4 is 73.9 Å². The van der Waals surface area contributed by atoms with Gasteiger partial charge in [-0.2, -0.15) is 0 Å². The molecule has 2 amide bonds. The second kappa shape index (κ2) is 14.6. The third-order valence-electron chi connectivity index (χ3n) is 6.50. The molecule has 0 saturated heterocycles. The molecule has 0 radical (unpaired) electrons. The molecule has 0 heterocycles. The monoisotopic (exact) mass is 657 g/mol. The van der Waals surface area contributed by atoms with Crippen LogP contribution in [-0.2, 0) is 26.2 Å². The van der Waals surface area contributed by atoms with Crippen LogP contribution in [0, 0.1) is 0 Å². The Hall–Kier alpha value is -2.49. The van der Waals surface area contributed by atoms with Crippen LogP contribution in [0.25, 0.3) is 0 Å². The number of hydrogen-bond donors (Lipinski definition) is 1. The predicted molar refractivity (Wildman–Crippen MR) is 166 cm³/mol. The molecular weight excluding hydrogens is 628 g/mol. The summed E-state index contributed by atoms with van der Waals surface area (Å²) in [4.78, 5) is 28.7. The molecule has 3 aromatic carbocycles. The lowest BCUT2D eigenvalue weighted by Crippen LogP contribution is -2.53. The van der Waals surface area contributed by atoms with Crippen molar-refractivity contribution in [2.75, 3.05) is 10.8 Å². The van der Waals surface area contributed by atoms with Gasteiger partial charge in [0.25, 0.3) is 10.0 Å². The van der Waals surface area contributed by atoms with Gasteiger partial charge >= 0.3 is 0 Å². The highest BCUT2D eigenvalue weighted by Gasteiger charge is 2.34. The number of benzene rings is 3. The molecule has 3 rings (SSSR count). The number of amides is 2. The summed E-state index contributed by atoms with van der Waals surface area (Å²) < 4.78 is 28.7. The van der Waals surface area contributed by atoms with Gasteiger partial charge in [-0.25, -0.2) is 8.42 Å². The van der Waals surface area contributed by atoms with E-state index < -0.39 is 28.5 Å². The third kappa shape index (κ3) is 8.52. The van der Waals surface area contributed by atoms with E-state index in [1.165, 1.54) is 35.2 Å². The quantitative estimate of drug-likeness (QED) is 0.223. The molecular formula is C29H31Cl4N3O4S. The molecule has 2 atom stereocenters. The van der Waals surface area contributed by atoms with E-state index in [1.54, 1.807) is 43.3 Å². The van der Waals surface area contributed by atoms with Gasteiger partial charge in [-0.1, -0.05) is 72.4 Å². The summed E-state index contributed by atoms with van der Waals surface area (Å²) in [5.41, 5.74) is 0.810. The van der Waals surface area contributed by atoms with Crippen molar-refractivity contribution in [3.63, 3.8) is 0 Å². The largest absolute Gasteiger partial charge is 0.352 e. The zero-order chi connectivity index (χ0) is 30.3. The molecule has 0 aliphatic carbocycles. The molecule has 0 spiro atoms. The molecule has 0 aromatic heterocycles. The lowest BCUT2D eigenvalue weighted by atomic mass is 10.1. The van der Waals surface area contributed by atoms with Crippen LogP contribution in [0.5, 0.6) is 0 Å². The molecule has 1 N–H and O–H groups in total. The number of carbonyl (C=O) groups excluding carboxylic acids is 2. The Morgan fingerprint density at radius 1 is 0.854 bits per heavy atom. The Labute approximate surface area is 261 Å². The minimum absolute atomic E-state index is 0.00741. The SMILES string of the molecule is CCC(C)NC(=O)C(CC)N(Cc1ccc(Cl)c(Cl)c1)C(=O)CN(c1cccc(Cl)c1)S(=O)(=O)c1ccc(Cl)cc1. The van der Waals surface area contributed by atoms with Crippen LogP contribution in [0.15, 0.2) is 71.6 Å². The van der Waals surface area contributed by atoms with Crippen molar-refractivity contribution in [1.82, 2.24) is 10.2 Å². The molecule has 0 aliphatic rings. The fourth-order valence-corrected chi connectivity index (χ4v) is 6.13. The zero-order valence-corrected chi connectivity index (χ0v) is 26.6. The number of hydrogen-bond acceptors (Lipinski definition) is 4. The van der Waals surface area contributed by atoms with Crippen LogP contribution in [0.2, 0.25) is 20.1 Å². The third-order valence-corrected chi connectivity index (χ3v) is 9.51. The molecule has 41 heavy (non-hydrogen) atoms. The minimum Gasteiger partial charge on any atom is -0.352 e. The lowest BCUT2D eigenvalue weighted by Gasteiger charge is -2.33. The van der Waals surface area contributed by atoms with E-state index >= 15 is 0 Å². The van der Waals surface area contributed by atoms with E-state index in [2.05, 4.69) is 5.32 Å². The van der Waals surface area contributed by atoms with Crippen LogP contribution >= 0.6 is 46.4 Å². The van der Waals surface area contributed by atoms with Crippen molar-refractivity contribution in [2.45, 2.75) is 57.1 Å². The molecule has 7 nitrogen and oxygen atoms in total. The summed E-state index contributed by atoms with van der Waals surface area (Å²) in [6.07, 6.45) is 0.987. The number of nitrogens with one attached hydrogen (secondary N) is 1. The number of halogens is 4. The van der Waals surface area contributed by atoms with Crippen LogP contribution in [0.4, 0.5) is 5.69 Å². The van der Waals surface area contributed by atoms with E-state index in [1.807, 2.05) is 13.8 Å². The molecule has 2 unspecified atom stereocenters.